The first-order chi connectivity index (χ1) is 9.86. The number of esters is 1. The minimum absolute atomic E-state index is 0.0326. The summed E-state index contributed by atoms with van der Waals surface area (Å²) in [5.74, 6) is 0.0575. The molecule has 2 rings (SSSR count). The molecule has 21 heavy (non-hydrogen) atoms. The highest BCUT2D eigenvalue weighted by atomic mass is 79.9. The third-order valence-electron chi connectivity index (χ3n) is 4.25. The Bertz CT molecular complexity index is 560. The van der Waals surface area contributed by atoms with E-state index in [2.05, 4.69) is 64.8 Å². The van der Waals surface area contributed by atoms with Crippen molar-refractivity contribution in [2.45, 2.75) is 33.8 Å². The largest absolute Gasteiger partial charge is 0.461 e. The van der Waals surface area contributed by atoms with Crippen LogP contribution in [-0.2, 0) is 22.6 Å². The van der Waals surface area contributed by atoms with E-state index in [0.29, 0.717) is 6.61 Å². The van der Waals surface area contributed by atoms with E-state index in [4.69, 9.17) is 4.74 Å². The van der Waals surface area contributed by atoms with Gasteiger partial charge in [0, 0.05) is 0 Å². The van der Waals surface area contributed by atoms with Crippen LogP contribution in [0.2, 0.25) is 0 Å². The minimum atomic E-state index is -0.107. The molecule has 1 saturated carbocycles. The number of carbonyl (C=O) groups is 1. The molecule has 0 unspecified atom stereocenters. The highest BCUT2D eigenvalue weighted by molar-refractivity contribution is 9.28. The van der Waals surface area contributed by atoms with E-state index in [1.165, 1.54) is 5.56 Å². The Labute approximate surface area is 143 Å². The molecule has 0 amide bonds. The van der Waals surface area contributed by atoms with Crippen molar-refractivity contribution >= 4 is 37.8 Å². The smallest absolute Gasteiger partial charge is 0.310 e. The fraction of sp³-hybridized carbons (Fsp3) is 0.471. The lowest BCUT2D eigenvalue weighted by Crippen LogP contribution is -2.10. The maximum absolute atomic E-state index is 12.3. The normalized spacial score (nSPS) is 22.5. The quantitative estimate of drug-likeness (QED) is 0.618. The third kappa shape index (κ3) is 3.98. The molecule has 114 valence electrons. The van der Waals surface area contributed by atoms with Gasteiger partial charge in [0.05, 0.1) is 9.31 Å². The van der Waals surface area contributed by atoms with Gasteiger partial charge in [-0.15, -0.1) is 0 Å². The number of halogens is 2. The number of hydrogen-bond donors (Lipinski definition) is 0. The summed E-state index contributed by atoms with van der Waals surface area (Å²) in [7, 11) is 0. The summed E-state index contributed by atoms with van der Waals surface area (Å²) < 4.78 is 6.39. The Morgan fingerprint density at radius 2 is 2.00 bits per heavy atom. The second kappa shape index (κ2) is 6.66. The SMILES string of the molecule is CCc1cccc(COC(=O)[C@@H]2[C@H](C=C(Br)Br)C2(C)C)c1. The first-order valence-electron chi connectivity index (χ1n) is 7.13. The predicted molar refractivity (Wildman–Crippen MR) is 92.3 cm³/mol. The number of hydrogen-bond acceptors (Lipinski definition) is 2. The number of carbonyl (C=O) groups excluding carboxylic acids is 1. The second-order valence-corrected chi connectivity index (χ2v) is 8.84. The molecule has 0 heterocycles. The van der Waals surface area contributed by atoms with Gasteiger partial charge in [-0.05, 0) is 60.7 Å². The Balaban J connectivity index is 1.95. The lowest BCUT2D eigenvalue weighted by atomic mass is 10.1. The van der Waals surface area contributed by atoms with E-state index in [1.807, 2.05) is 18.2 Å². The van der Waals surface area contributed by atoms with E-state index in [9.17, 15) is 4.79 Å². The molecular weight excluding hydrogens is 396 g/mol. The maximum Gasteiger partial charge on any atom is 0.310 e. The van der Waals surface area contributed by atoms with E-state index < -0.39 is 0 Å². The Kier molecular flexibility index (Phi) is 5.31. The number of allylic oxidation sites excluding steroid dienone is 1. The Morgan fingerprint density at radius 1 is 1.33 bits per heavy atom. The van der Waals surface area contributed by atoms with Crippen molar-refractivity contribution in [1.82, 2.24) is 0 Å². The molecule has 0 aromatic heterocycles. The van der Waals surface area contributed by atoms with Crippen molar-refractivity contribution in [3.63, 3.8) is 0 Å². The summed E-state index contributed by atoms with van der Waals surface area (Å²) in [5, 5.41) is 0. The minimum Gasteiger partial charge on any atom is -0.461 e. The van der Waals surface area contributed by atoms with Gasteiger partial charge in [-0.25, -0.2) is 0 Å². The molecule has 2 atom stereocenters. The van der Waals surface area contributed by atoms with Crippen LogP contribution >= 0.6 is 31.9 Å². The molecule has 0 saturated heterocycles. The molecule has 4 heteroatoms. The number of aryl methyl sites for hydroxylation is 1. The lowest BCUT2D eigenvalue weighted by molar-refractivity contribution is -0.147. The number of benzene rings is 1. The van der Waals surface area contributed by atoms with Gasteiger partial charge < -0.3 is 4.74 Å². The van der Waals surface area contributed by atoms with Gasteiger partial charge in [0.25, 0.3) is 0 Å². The van der Waals surface area contributed by atoms with Crippen molar-refractivity contribution < 1.29 is 9.53 Å². The molecule has 0 spiro atoms. The van der Waals surface area contributed by atoms with Crippen LogP contribution in [0.3, 0.4) is 0 Å². The summed E-state index contributed by atoms with van der Waals surface area (Å²) in [4.78, 5) is 12.3. The fourth-order valence-electron chi connectivity index (χ4n) is 2.76. The first kappa shape index (κ1) is 16.8. The van der Waals surface area contributed by atoms with E-state index in [0.717, 1.165) is 15.4 Å². The van der Waals surface area contributed by atoms with Crippen molar-refractivity contribution in [1.29, 1.82) is 0 Å². The van der Waals surface area contributed by atoms with Crippen LogP contribution in [0.1, 0.15) is 31.9 Å². The highest BCUT2D eigenvalue weighted by Crippen LogP contribution is 2.60. The van der Waals surface area contributed by atoms with Crippen LogP contribution in [0.4, 0.5) is 0 Å². The molecule has 1 aromatic rings. The molecule has 0 bridgehead atoms. The number of ether oxygens (including phenoxy) is 1. The Morgan fingerprint density at radius 3 is 2.62 bits per heavy atom. The van der Waals surface area contributed by atoms with Crippen LogP contribution in [0.15, 0.2) is 33.7 Å². The zero-order valence-electron chi connectivity index (χ0n) is 12.5. The predicted octanol–water partition coefficient (Wildman–Crippen LogP) is 5.20. The molecule has 1 aliphatic rings. The van der Waals surface area contributed by atoms with Crippen LogP contribution < -0.4 is 0 Å². The highest BCUT2D eigenvalue weighted by Gasteiger charge is 2.61. The summed E-state index contributed by atoms with van der Waals surface area (Å²) >= 11 is 6.72. The lowest BCUT2D eigenvalue weighted by Gasteiger charge is -2.07. The summed E-state index contributed by atoms with van der Waals surface area (Å²) in [6, 6.07) is 8.19. The Hall–Kier alpha value is -0.610. The zero-order valence-corrected chi connectivity index (χ0v) is 15.7. The van der Waals surface area contributed by atoms with Crippen LogP contribution in [0, 0.1) is 17.3 Å². The second-order valence-electron chi connectivity index (χ2n) is 6.06. The van der Waals surface area contributed by atoms with Gasteiger partial charge in [0.15, 0.2) is 0 Å². The van der Waals surface area contributed by atoms with Crippen molar-refractivity contribution in [3.05, 3.63) is 44.9 Å². The molecule has 1 fully saturated rings. The summed E-state index contributed by atoms with van der Waals surface area (Å²) in [6.45, 7) is 6.67. The maximum atomic E-state index is 12.3. The fourth-order valence-corrected chi connectivity index (χ4v) is 3.33. The molecule has 0 radical (unpaired) electrons. The van der Waals surface area contributed by atoms with Gasteiger partial charge in [-0.2, -0.15) is 0 Å². The zero-order chi connectivity index (χ0) is 15.6. The number of rotatable bonds is 5. The van der Waals surface area contributed by atoms with Gasteiger partial charge >= 0.3 is 5.97 Å². The van der Waals surface area contributed by atoms with Gasteiger partial charge in [0.1, 0.15) is 6.61 Å². The molecule has 0 aliphatic heterocycles. The van der Waals surface area contributed by atoms with Crippen LogP contribution in [0.5, 0.6) is 0 Å². The summed E-state index contributed by atoms with van der Waals surface area (Å²) in [5.41, 5.74) is 2.28. The van der Waals surface area contributed by atoms with E-state index in [-0.39, 0.29) is 23.2 Å². The molecule has 0 N–H and O–H groups in total. The monoisotopic (exact) mass is 414 g/mol. The topological polar surface area (TPSA) is 26.3 Å². The van der Waals surface area contributed by atoms with Crippen molar-refractivity contribution in [3.8, 4) is 0 Å². The van der Waals surface area contributed by atoms with Crippen molar-refractivity contribution in [2.75, 3.05) is 0 Å². The van der Waals surface area contributed by atoms with Crippen LogP contribution in [0.25, 0.3) is 0 Å². The van der Waals surface area contributed by atoms with Crippen molar-refractivity contribution in [2.24, 2.45) is 17.3 Å². The average molecular weight is 416 g/mol. The molecule has 1 aliphatic carbocycles. The first-order valence-corrected chi connectivity index (χ1v) is 8.72. The van der Waals surface area contributed by atoms with E-state index >= 15 is 0 Å². The standard InChI is InChI=1S/C17H20Br2O2/c1-4-11-6-5-7-12(8-11)10-21-16(20)15-13(9-14(18)19)17(15,2)3/h5-9,13,15H,4,10H2,1-3H3/t13-,15-/m0/s1. The van der Waals surface area contributed by atoms with Gasteiger partial charge in [0.2, 0.25) is 0 Å². The molecule has 2 nitrogen and oxygen atoms in total. The third-order valence-corrected chi connectivity index (χ3v) is 4.78. The molecule has 1 aromatic carbocycles. The summed E-state index contributed by atoms with van der Waals surface area (Å²) in [6.07, 6.45) is 3.02. The van der Waals surface area contributed by atoms with Gasteiger partial charge in [-0.1, -0.05) is 51.1 Å². The average Bonchev–Trinajstić information content (AvgIpc) is 2.96. The van der Waals surface area contributed by atoms with E-state index in [1.54, 1.807) is 0 Å². The van der Waals surface area contributed by atoms with Crippen LogP contribution in [-0.4, -0.2) is 5.97 Å². The van der Waals surface area contributed by atoms with Gasteiger partial charge in [-0.3, -0.25) is 4.79 Å². The molecular formula is C17H20Br2O2.